The molecule has 0 amide bonds. The molecule has 1 fully saturated rings. The summed E-state index contributed by atoms with van der Waals surface area (Å²) in [6, 6.07) is 17.3. The highest BCUT2D eigenvalue weighted by molar-refractivity contribution is 5.77. The number of hydrogen-bond donors (Lipinski definition) is 1. The molecule has 0 unspecified atom stereocenters. The van der Waals surface area contributed by atoms with Gasteiger partial charge in [-0.25, -0.2) is 4.98 Å². The van der Waals surface area contributed by atoms with E-state index in [9.17, 15) is 4.79 Å². The lowest BCUT2D eigenvalue weighted by atomic mass is 10.2. The standard InChI is InChI=1S/C19H19N3O2/c23-19-16-8-4-5-9-17(16)20-18(14-21-10-12-24-13-11-21)22(19)15-6-2-1-3-7-15/h1-9H,10-14H2/p+1. The van der Waals surface area contributed by atoms with Gasteiger partial charge < -0.3 is 9.64 Å². The molecule has 1 aromatic heterocycles. The van der Waals surface area contributed by atoms with Crippen molar-refractivity contribution in [3.8, 4) is 5.69 Å². The van der Waals surface area contributed by atoms with Crippen LogP contribution in [0.4, 0.5) is 0 Å². The summed E-state index contributed by atoms with van der Waals surface area (Å²) in [4.78, 5) is 19.3. The minimum atomic E-state index is -0.00513. The molecule has 1 aliphatic rings. The van der Waals surface area contributed by atoms with Crippen LogP contribution in [0, 0.1) is 0 Å². The number of nitrogens with one attached hydrogen (secondary N) is 1. The zero-order chi connectivity index (χ0) is 16.4. The zero-order valence-electron chi connectivity index (χ0n) is 13.4. The second kappa shape index (κ2) is 6.55. The van der Waals surface area contributed by atoms with Crippen molar-refractivity contribution in [2.75, 3.05) is 26.3 Å². The van der Waals surface area contributed by atoms with Crippen molar-refractivity contribution in [3.05, 3.63) is 70.8 Å². The molecule has 122 valence electrons. The summed E-state index contributed by atoms with van der Waals surface area (Å²) in [5.74, 6) is 0.807. The lowest BCUT2D eigenvalue weighted by Gasteiger charge is -2.24. The van der Waals surface area contributed by atoms with E-state index in [0.29, 0.717) is 5.39 Å². The maximum atomic E-state index is 13.1. The predicted molar refractivity (Wildman–Crippen MR) is 92.6 cm³/mol. The SMILES string of the molecule is O=c1c2ccccc2nc(C[NH+]2CCOCC2)n1-c1ccccc1. The first-order valence-electron chi connectivity index (χ1n) is 8.30. The van der Waals surface area contributed by atoms with Gasteiger partial charge in [-0.05, 0) is 24.3 Å². The molecule has 1 N–H and O–H groups in total. The van der Waals surface area contributed by atoms with Crippen LogP contribution in [0.2, 0.25) is 0 Å². The Morgan fingerprint density at radius 3 is 2.50 bits per heavy atom. The Morgan fingerprint density at radius 2 is 1.71 bits per heavy atom. The first-order valence-corrected chi connectivity index (χ1v) is 8.30. The monoisotopic (exact) mass is 322 g/mol. The van der Waals surface area contributed by atoms with E-state index in [-0.39, 0.29) is 5.56 Å². The van der Waals surface area contributed by atoms with Gasteiger partial charge in [-0.2, -0.15) is 0 Å². The molecule has 0 aliphatic carbocycles. The van der Waals surface area contributed by atoms with Gasteiger partial charge in [0.15, 0.2) is 5.82 Å². The van der Waals surface area contributed by atoms with Gasteiger partial charge in [-0.3, -0.25) is 9.36 Å². The second-order valence-corrected chi connectivity index (χ2v) is 6.06. The van der Waals surface area contributed by atoms with Crippen molar-refractivity contribution >= 4 is 10.9 Å². The number of nitrogens with zero attached hydrogens (tertiary/aromatic N) is 2. The zero-order valence-corrected chi connectivity index (χ0v) is 13.4. The fourth-order valence-corrected chi connectivity index (χ4v) is 3.20. The minimum Gasteiger partial charge on any atom is -0.370 e. The number of fused-ring (bicyclic) bond motifs is 1. The van der Waals surface area contributed by atoms with Gasteiger partial charge in [0, 0.05) is 0 Å². The summed E-state index contributed by atoms with van der Waals surface area (Å²) < 4.78 is 7.19. The van der Waals surface area contributed by atoms with Gasteiger partial charge in [0.2, 0.25) is 0 Å². The molecule has 1 aliphatic heterocycles. The molecule has 24 heavy (non-hydrogen) atoms. The van der Waals surface area contributed by atoms with Crippen molar-refractivity contribution in [2.45, 2.75) is 6.54 Å². The third-order valence-corrected chi connectivity index (χ3v) is 4.47. The number of aromatic nitrogens is 2. The van der Waals surface area contributed by atoms with Gasteiger partial charge in [-0.1, -0.05) is 30.3 Å². The number of morpholine rings is 1. The smallest absolute Gasteiger partial charge is 0.266 e. The molecule has 2 heterocycles. The lowest BCUT2D eigenvalue weighted by molar-refractivity contribution is -0.922. The van der Waals surface area contributed by atoms with Crippen molar-refractivity contribution in [1.82, 2.24) is 9.55 Å². The van der Waals surface area contributed by atoms with Gasteiger partial charge >= 0.3 is 0 Å². The largest absolute Gasteiger partial charge is 0.370 e. The van der Waals surface area contributed by atoms with Gasteiger partial charge in [0.25, 0.3) is 5.56 Å². The molecule has 5 nitrogen and oxygen atoms in total. The van der Waals surface area contributed by atoms with Crippen LogP contribution in [0.15, 0.2) is 59.4 Å². The van der Waals surface area contributed by atoms with E-state index in [1.54, 1.807) is 4.57 Å². The van der Waals surface area contributed by atoms with E-state index in [4.69, 9.17) is 9.72 Å². The van der Waals surface area contributed by atoms with Crippen molar-refractivity contribution in [2.24, 2.45) is 0 Å². The fraction of sp³-hybridized carbons (Fsp3) is 0.263. The highest BCUT2D eigenvalue weighted by Gasteiger charge is 2.19. The minimum absolute atomic E-state index is 0.00513. The highest BCUT2D eigenvalue weighted by Crippen LogP contribution is 2.12. The van der Waals surface area contributed by atoms with Gasteiger partial charge in [0.05, 0.1) is 29.8 Å². The van der Waals surface area contributed by atoms with Gasteiger partial charge in [-0.15, -0.1) is 0 Å². The van der Waals surface area contributed by atoms with Crippen LogP contribution in [0.3, 0.4) is 0 Å². The molecule has 3 aromatic rings. The van der Waals surface area contributed by atoms with E-state index >= 15 is 0 Å². The fourth-order valence-electron chi connectivity index (χ4n) is 3.20. The van der Waals surface area contributed by atoms with Crippen LogP contribution in [0.1, 0.15) is 5.82 Å². The highest BCUT2D eigenvalue weighted by atomic mass is 16.5. The summed E-state index contributed by atoms with van der Waals surface area (Å²) in [6.45, 7) is 4.13. The van der Waals surface area contributed by atoms with E-state index in [0.717, 1.165) is 49.9 Å². The average molecular weight is 322 g/mol. The number of para-hydroxylation sites is 2. The Bertz CT molecular complexity index is 899. The Labute approximate surface area is 140 Å². The third-order valence-electron chi connectivity index (χ3n) is 4.47. The molecule has 5 heteroatoms. The molecule has 1 saturated heterocycles. The Kier molecular flexibility index (Phi) is 4.11. The first kappa shape index (κ1) is 15.1. The maximum Gasteiger partial charge on any atom is 0.266 e. The maximum absolute atomic E-state index is 13.1. The van der Waals surface area contributed by atoms with E-state index in [1.165, 1.54) is 4.90 Å². The summed E-state index contributed by atoms with van der Waals surface area (Å²) in [7, 11) is 0. The molecular formula is C19H20N3O2+. The van der Waals surface area contributed by atoms with Gasteiger partial charge in [0.1, 0.15) is 19.6 Å². The number of ether oxygens (including phenoxy) is 1. The molecule has 0 radical (unpaired) electrons. The number of hydrogen-bond acceptors (Lipinski definition) is 3. The number of benzene rings is 2. The van der Waals surface area contributed by atoms with Crippen molar-refractivity contribution in [3.63, 3.8) is 0 Å². The Morgan fingerprint density at radius 1 is 1.00 bits per heavy atom. The predicted octanol–water partition coefficient (Wildman–Crippen LogP) is 0.801. The Balaban J connectivity index is 1.88. The molecule has 2 aromatic carbocycles. The molecule has 0 atom stereocenters. The van der Waals surface area contributed by atoms with Crippen LogP contribution in [0.5, 0.6) is 0 Å². The van der Waals surface area contributed by atoms with Crippen LogP contribution in [-0.2, 0) is 11.3 Å². The van der Waals surface area contributed by atoms with Crippen LogP contribution in [-0.4, -0.2) is 35.9 Å². The van der Waals surface area contributed by atoms with Crippen LogP contribution in [0.25, 0.3) is 16.6 Å². The van der Waals surface area contributed by atoms with E-state index < -0.39 is 0 Å². The topological polar surface area (TPSA) is 48.6 Å². The quantitative estimate of drug-likeness (QED) is 0.776. The molecule has 0 saturated carbocycles. The molecule has 0 bridgehead atoms. The summed E-state index contributed by atoms with van der Waals surface area (Å²) >= 11 is 0. The summed E-state index contributed by atoms with van der Waals surface area (Å²) in [5, 5.41) is 0.655. The molecule has 4 rings (SSSR count). The van der Waals surface area contributed by atoms with Crippen molar-refractivity contribution in [1.29, 1.82) is 0 Å². The Hall–Kier alpha value is -2.50. The third kappa shape index (κ3) is 2.84. The average Bonchev–Trinajstić information content (AvgIpc) is 2.64. The second-order valence-electron chi connectivity index (χ2n) is 6.06. The normalized spacial score (nSPS) is 15.7. The first-order chi connectivity index (χ1) is 11.8. The van der Waals surface area contributed by atoms with Crippen LogP contribution < -0.4 is 10.5 Å². The number of rotatable bonds is 3. The van der Waals surface area contributed by atoms with E-state index in [2.05, 4.69) is 0 Å². The summed E-state index contributed by atoms with van der Waals surface area (Å²) in [5.41, 5.74) is 1.62. The van der Waals surface area contributed by atoms with Crippen LogP contribution >= 0.6 is 0 Å². The summed E-state index contributed by atoms with van der Waals surface area (Å²) in [6.07, 6.45) is 0. The lowest BCUT2D eigenvalue weighted by Crippen LogP contribution is -3.13. The number of quaternary nitrogens is 1. The molecule has 0 spiro atoms. The molecular weight excluding hydrogens is 302 g/mol. The van der Waals surface area contributed by atoms with E-state index in [1.807, 2.05) is 54.6 Å². The van der Waals surface area contributed by atoms with Crippen molar-refractivity contribution < 1.29 is 9.64 Å².